The second kappa shape index (κ2) is 5.04. The molecule has 1 aromatic rings. The van der Waals surface area contributed by atoms with Gasteiger partial charge in [0.1, 0.15) is 0 Å². The van der Waals surface area contributed by atoms with Gasteiger partial charge in [0.25, 0.3) is 0 Å². The summed E-state index contributed by atoms with van der Waals surface area (Å²) in [5, 5.41) is 0. The van der Waals surface area contributed by atoms with E-state index in [0.29, 0.717) is 9.79 Å². The fourth-order valence-electron chi connectivity index (χ4n) is 0.592. The molecule has 0 aliphatic heterocycles. The summed E-state index contributed by atoms with van der Waals surface area (Å²) in [6.45, 7) is 0. The van der Waals surface area contributed by atoms with Gasteiger partial charge in [-0.05, 0) is 18.2 Å². The van der Waals surface area contributed by atoms with E-state index in [1.165, 1.54) is 0 Å². The molecule has 0 aromatic heterocycles. The summed E-state index contributed by atoms with van der Waals surface area (Å²) >= 11 is 2.12. The third kappa shape index (κ3) is 3.47. The van der Waals surface area contributed by atoms with Gasteiger partial charge in [0, 0.05) is 24.4 Å². The van der Waals surface area contributed by atoms with Crippen LogP contribution in [-0.4, -0.2) is 8.76 Å². The Morgan fingerprint density at radius 2 is 2.09 bits per heavy atom. The first kappa shape index (κ1) is 11.3. The van der Waals surface area contributed by atoms with Crippen LogP contribution >= 0.6 is 12.6 Å². The van der Waals surface area contributed by atoms with Crippen LogP contribution in [0.1, 0.15) is 0 Å². The minimum Gasteiger partial charge on any atom is -0.302 e. The normalized spacial score (nSPS) is 11.8. The second-order valence-corrected chi connectivity index (χ2v) is 3.23. The van der Waals surface area contributed by atoms with Crippen molar-refractivity contribution in [1.82, 2.24) is 0 Å². The van der Waals surface area contributed by atoms with E-state index in [1.54, 1.807) is 24.3 Å². The van der Waals surface area contributed by atoms with Gasteiger partial charge in [-0.1, -0.05) is 6.07 Å². The molecule has 0 spiro atoms. The zero-order valence-corrected chi connectivity index (χ0v) is 10.4. The van der Waals surface area contributed by atoms with Crippen LogP contribution in [0.15, 0.2) is 34.1 Å². The largest absolute Gasteiger partial charge is 0.302 e. The third-order valence-electron chi connectivity index (χ3n) is 1.02. The quantitative estimate of drug-likeness (QED) is 0.443. The van der Waals surface area contributed by atoms with Gasteiger partial charge in [0.05, 0.1) is 4.90 Å². The summed E-state index contributed by atoms with van der Waals surface area (Å²) in [4.78, 5) is 1.08. The average Bonchev–Trinajstić information content (AvgIpc) is 1.88. The van der Waals surface area contributed by atoms with Gasteiger partial charge in [-0.25, -0.2) is 4.21 Å². The zero-order chi connectivity index (χ0) is 7.56. The fourth-order valence-corrected chi connectivity index (χ4v) is 1.33. The molecule has 0 bridgehead atoms. The van der Waals surface area contributed by atoms with Crippen molar-refractivity contribution in [2.45, 2.75) is 9.79 Å². The fraction of sp³-hybridized carbons (Fsp3) is 0. The Bertz CT molecular complexity index is 265. The van der Waals surface area contributed by atoms with Crippen LogP contribution in [0.3, 0.4) is 0 Å². The van der Waals surface area contributed by atoms with E-state index in [0.717, 1.165) is 0 Å². The molecule has 0 heterocycles. The van der Waals surface area contributed by atoms with E-state index >= 15 is 0 Å². The van der Waals surface area contributed by atoms with E-state index < -0.39 is 11.1 Å². The molecule has 11 heavy (non-hydrogen) atoms. The zero-order valence-electron chi connectivity index (χ0n) is 5.73. The van der Waals surface area contributed by atoms with Crippen LogP contribution in [0.4, 0.5) is 0 Å². The van der Waals surface area contributed by atoms with Gasteiger partial charge in [-0.2, -0.15) is 0 Å². The molecule has 0 aliphatic carbocycles. The molecule has 1 rings (SSSR count). The molecule has 5 heteroatoms. The van der Waals surface area contributed by atoms with Crippen molar-refractivity contribution in [3.05, 3.63) is 24.3 Å². The van der Waals surface area contributed by atoms with Crippen molar-refractivity contribution in [2.75, 3.05) is 0 Å². The summed E-state index contributed by atoms with van der Waals surface area (Å²) in [7, 11) is 0. The van der Waals surface area contributed by atoms with Gasteiger partial charge in [0.2, 0.25) is 0 Å². The van der Waals surface area contributed by atoms with Gasteiger partial charge in [-0.15, -0.1) is 12.6 Å². The van der Waals surface area contributed by atoms with Gasteiger partial charge >= 0.3 is 0 Å². The summed E-state index contributed by atoms with van der Waals surface area (Å²) in [5.41, 5.74) is 0. The Hall–Kier alpha value is 0.303. The summed E-state index contributed by atoms with van der Waals surface area (Å²) in [5.74, 6) is 0. The number of hydrogen-bond acceptors (Lipinski definition) is 2. The molecule has 0 saturated heterocycles. The molecule has 1 aromatic carbocycles. The first-order chi connectivity index (χ1) is 4.70. The minimum absolute atomic E-state index is 0. The van der Waals surface area contributed by atoms with Gasteiger partial charge in [0.15, 0.2) is 11.1 Å². The van der Waals surface area contributed by atoms with Crippen LogP contribution in [0, 0.1) is 0 Å². The first-order valence-corrected chi connectivity index (χ1v) is 4.15. The molecular weight excluding hydrogens is 234 g/mol. The van der Waals surface area contributed by atoms with Crippen molar-refractivity contribution < 1.29 is 28.2 Å². The Balaban J connectivity index is 0.000001000. The van der Waals surface area contributed by atoms with Crippen molar-refractivity contribution in [3.63, 3.8) is 0 Å². The maximum atomic E-state index is 10.4. The van der Waals surface area contributed by atoms with Crippen LogP contribution in [-0.2, 0) is 30.6 Å². The molecule has 1 N–H and O–H groups in total. The average molecular weight is 240 g/mol. The van der Waals surface area contributed by atoms with E-state index in [2.05, 4.69) is 12.6 Å². The molecule has 56 valence electrons. The molecule has 0 aliphatic rings. The molecule has 1 atom stereocenters. The predicted octanol–water partition coefficient (Wildman–Crippen LogP) is 1.55. The van der Waals surface area contributed by atoms with E-state index in [1.807, 2.05) is 0 Å². The molecule has 0 radical (unpaired) electrons. The standard InChI is InChI=1S/C6H6O2S2.Zn/c7-10(8)6-3-1-2-5(9)4-6;/h1-4,9H,(H,7,8);. The predicted molar refractivity (Wildman–Crippen MR) is 42.7 cm³/mol. The summed E-state index contributed by atoms with van der Waals surface area (Å²) in [6, 6.07) is 6.57. The van der Waals surface area contributed by atoms with Crippen molar-refractivity contribution >= 4 is 23.7 Å². The maximum absolute atomic E-state index is 10.4. The Labute approximate surface area is 85.8 Å². The first-order valence-electron chi connectivity index (χ1n) is 2.60. The smallest absolute Gasteiger partial charge is 0.186 e. The van der Waals surface area contributed by atoms with Crippen molar-refractivity contribution in [2.24, 2.45) is 0 Å². The molecule has 2 nitrogen and oxygen atoms in total. The van der Waals surface area contributed by atoms with Crippen LogP contribution in [0.5, 0.6) is 0 Å². The monoisotopic (exact) mass is 238 g/mol. The Kier molecular flexibility index (Phi) is 5.18. The number of rotatable bonds is 1. The minimum atomic E-state index is -1.89. The van der Waals surface area contributed by atoms with Crippen LogP contribution in [0.2, 0.25) is 0 Å². The van der Waals surface area contributed by atoms with Crippen molar-refractivity contribution in [1.29, 1.82) is 0 Å². The van der Waals surface area contributed by atoms with Gasteiger partial charge < -0.3 is 4.55 Å². The van der Waals surface area contributed by atoms with Crippen LogP contribution in [0.25, 0.3) is 0 Å². The molecule has 0 saturated carbocycles. The second-order valence-electron chi connectivity index (χ2n) is 1.75. The maximum Gasteiger partial charge on any atom is 0.186 e. The molecule has 0 amide bonds. The molecule has 1 unspecified atom stereocenters. The summed E-state index contributed by atoms with van der Waals surface area (Å²) < 4.78 is 19.0. The number of thiol groups is 1. The van der Waals surface area contributed by atoms with Crippen LogP contribution < -0.4 is 0 Å². The number of benzene rings is 1. The molecule has 0 fully saturated rings. The molecular formula is C6H6O2S2Zn. The van der Waals surface area contributed by atoms with E-state index in [-0.39, 0.29) is 19.5 Å². The van der Waals surface area contributed by atoms with E-state index in [9.17, 15) is 4.21 Å². The summed E-state index contributed by atoms with van der Waals surface area (Å²) in [6.07, 6.45) is 0. The Morgan fingerprint density at radius 3 is 2.45 bits per heavy atom. The number of hydrogen-bond donors (Lipinski definition) is 2. The van der Waals surface area contributed by atoms with Crippen molar-refractivity contribution in [3.8, 4) is 0 Å². The third-order valence-corrected chi connectivity index (χ3v) is 1.95. The van der Waals surface area contributed by atoms with Gasteiger partial charge in [-0.3, -0.25) is 0 Å². The van der Waals surface area contributed by atoms with E-state index in [4.69, 9.17) is 4.55 Å². The topological polar surface area (TPSA) is 37.3 Å². The Morgan fingerprint density at radius 1 is 1.45 bits per heavy atom. The SMILES string of the molecule is O=S(O)c1cccc(S)c1.[Zn].